The summed E-state index contributed by atoms with van der Waals surface area (Å²) < 4.78 is 18.3. The maximum absolute atomic E-state index is 13.2. The molecule has 2 aromatic carbocycles. The van der Waals surface area contributed by atoms with Gasteiger partial charge in [0.1, 0.15) is 17.6 Å². The molecule has 0 aliphatic heterocycles. The number of rotatable bonds is 3. The van der Waals surface area contributed by atoms with Gasteiger partial charge in [0.25, 0.3) is 0 Å². The minimum Gasteiger partial charge on any atom is -0.497 e. The van der Waals surface area contributed by atoms with Gasteiger partial charge in [-0.2, -0.15) is 5.26 Å². The highest BCUT2D eigenvalue weighted by molar-refractivity contribution is 6.30. The van der Waals surface area contributed by atoms with E-state index in [-0.39, 0.29) is 5.02 Å². The third kappa shape index (κ3) is 3.15. The van der Waals surface area contributed by atoms with Gasteiger partial charge in [-0.15, -0.1) is 0 Å². The maximum Gasteiger partial charge on any atom is 0.126 e. The molecule has 0 heterocycles. The molecule has 0 amide bonds. The van der Waals surface area contributed by atoms with Gasteiger partial charge in [-0.25, -0.2) is 4.39 Å². The molecule has 2 rings (SSSR count). The Bertz CT molecular complexity index is 632. The molecule has 0 unspecified atom stereocenters. The molecule has 2 aromatic rings. The molecule has 0 aromatic heterocycles. The molecular formula is C14H10ClFN2O. The number of nitrogens with zero attached hydrogens (tertiary/aromatic N) is 1. The van der Waals surface area contributed by atoms with E-state index in [1.54, 1.807) is 24.3 Å². The van der Waals surface area contributed by atoms with E-state index in [4.69, 9.17) is 21.6 Å². The van der Waals surface area contributed by atoms with Crippen LogP contribution in [0.15, 0.2) is 36.4 Å². The Kier molecular flexibility index (Phi) is 3.88. The van der Waals surface area contributed by atoms with E-state index in [2.05, 4.69) is 11.4 Å². The second-order valence-corrected chi connectivity index (χ2v) is 4.24. The third-order valence-corrected chi connectivity index (χ3v) is 2.71. The summed E-state index contributed by atoms with van der Waals surface area (Å²) in [5, 5.41) is 12.3. The second-order valence-electron chi connectivity index (χ2n) is 3.81. The molecular weight excluding hydrogens is 267 g/mol. The zero-order chi connectivity index (χ0) is 13.8. The number of hydrogen-bond acceptors (Lipinski definition) is 3. The van der Waals surface area contributed by atoms with Gasteiger partial charge in [0.15, 0.2) is 0 Å². The molecule has 19 heavy (non-hydrogen) atoms. The lowest BCUT2D eigenvalue weighted by molar-refractivity contribution is 0.415. The first-order valence-corrected chi connectivity index (χ1v) is 5.81. The summed E-state index contributed by atoms with van der Waals surface area (Å²) in [6.45, 7) is 0. The van der Waals surface area contributed by atoms with Crippen LogP contribution in [0.5, 0.6) is 5.75 Å². The van der Waals surface area contributed by atoms with E-state index in [1.165, 1.54) is 19.2 Å². The van der Waals surface area contributed by atoms with Crippen molar-refractivity contribution >= 4 is 23.0 Å². The van der Waals surface area contributed by atoms with Crippen LogP contribution in [0.25, 0.3) is 0 Å². The fourth-order valence-electron chi connectivity index (χ4n) is 1.63. The SMILES string of the molecule is COc1ccc(C#N)c(Nc2cc(F)cc(Cl)c2)c1. The van der Waals surface area contributed by atoms with Crippen LogP contribution in [0.2, 0.25) is 5.02 Å². The fraction of sp³-hybridized carbons (Fsp3) is 0.0714. The quantitative estimate of drug-likeness (QED) is 0.918. The molecule has 0 bridgehead atoms. The Hall–Kier alpha value is -2.25. The summed E-state index contributed by atoms with van der Waals surface area (Å²) in [5.41, 5.74) is 1.43. The van der Waals surface area contributed by atoms with Crippen molar-refractivity contribution in [1.29, 1.82) is 5.26 Å². The van der Waals surface area contributed by atoms with Gasteiger partial charge >= 0.3 is 0 Å². The van der Waals surface area contributed by atoms with Gasteiger partial charge in [-0.1, -0.05) is 11.6 Å². The number of benzene rings is 2. The van der Waals surface area contributed by atoms with Crippen LogP contribution < -0.4 is 10.1 Å². The highest BCUT2D eigenvalue weighted by Gasteiger charge is 2.06. The highest BCUT2D eigenvalue weighted by atomic mass is 35.5. The van der Waals surface area contributed by atoms with Crippen molar-refractivity contribution in [3.8, 4) is 11.8 Å². The van der Waals surface area contributed by atoms with Crippen molar-refractivity contribution in [3.63, 3.8) is 0 Å². The lowest BCUT2D eigenvalue weighted by Gasteiger charge is -2.10. The summed E-state index contributed by atoms with van der Waals surface area (Å²) >= 11 is 5.78. The Balaban J connectivity index is 2.39. The topological polar surface area (TPSA) is 45.0 Å². The van der Waals surface area contributed by atoms with Gasteiger partial charge in [0.2, 0.25) is 0 Å². The Morgan fingerprint density at radius 2 is 2.05 bits per heavy atom. The van der Waals surface area contributed by atoms with E-state index in [0.717, 1.165) is 0 Å². The van der Waals surface area contributed by atoms with Crippen LogP contribution in [-0.4, -0.2) is 7.11 Å². The average molecular weight is 277 g/mol. The minimum absolute atomic E-state index is 0.281. The first-order chi connectivity index (χ1) is 9.12. The van der Waals surface area contributed by atoms with Crippen molar-refractivity contribution in [3.05, 3.63) is 52.8 Å². The van der Waals surface area contributed by atoms with Gasteiger partial charge in [0, 0.05) is 16.8 Å². The van der Waals surface area contributed by atoms with E-state index in [1.807, 2.05) is 0 Å². The molecule has 3 nitrogen and oxygen atoms in total. The molecule has 0 fully saturated rings. The first-order valence-electron chi connectivity index (χ1n) is 5.43. The Morgan fingerprint density at radius 1 is 1.26 bits per heavy atom. The van der Waals surface area contributed by atoms with Crippen molar-refractivity contribution in [2.24, 2.45) is 0 Å². The fourth-order valence-corrected chi connectivity index (χ4v) is 1.85. The van der Waals surface area contributed by atoms with Gasteiger partial charge in [0.05, 0.1) is 18.4 Å². The van der Waals surface area contributed by atoms with Crippen molar-refractivity contribution in [2.75, 3.05) is 12.4 Å². The molecule has 0 radical (unpaired) electrons. The van der Waals surface area contributed by atoms with Gasteiger partial charge in [-0.3, -0.25) is 0 Å². The normalized spacial score (nSPS) is 9.79. The van der Waals surface area contributed by atoms with Crippen LogP contribution >= 0.6 is 11.6 Å². The van der Waals surface area contributed by atoms with Gasteiger partial charge < -0.3 is 10.1 Å². The van der Waals surface area contributed by atoms with Crippen LogP contribution in [0.4, 0.5) is 15.8 Å². The Morgan fingerprint density at radius 3 is 2.68 bits per heavy atom. The first kappa shape index (κ1) is 13.2. The number of nitriles is 1. The van der Waals surface area contributed by atoms with Crippen molar-refractivity contribution in [1.82, 2.24) is 0 Å². The monoisotopic (exact) mass is 276 g/mol. The highest BCUT2D eigenvalue weighted by Crippen LogP contribution is 2.27. The second kappa shape index (κ2) is 5.59. The maximum atomic E-state index is 13.2. The average Bonchev–Trinajstić information content (AvgIpc) is 2.37. The molecule has 0 spiro atoms. The number of nitrogens with one attached hydrogen (secondary N) is 1. The Labute approximate surface area is 115 Å². The summed E-state index contributed by atoms with van der Waals surface area (Å²) in [6, 6.07) is 11.1. The zero-order valence-electron chi connectivity index (χ0n) is 10.1. The molecule has 0 atom stereocenters. The van der Waals surface area contributed by atoms with Crippen molar-refractivity contribution < 1.29 is 9.13 Å². The number of halogens is 2. The number of methoxy groups -OCH3 is 1. The molecule has 0 aliphatic carbocycles. The lowest BCUT2D eigenvalue weighted by atomic mass is 10.1. The van der Waals surface area contributed by atoms with Crippen molar-refractivity contribution in [2.45, 2.75) is 0 Å². The van der Waals surface area contributed by atoms with Crippen LogP contribution in [0.1, 0.15) is 5.56 Å². The van der Waals surface area contributed by atoms with Crippen LogP contribution in [-0.2, 0) is 0 Å². The number of hydrogen-bond donors (Lipinski definition) is 1. The summed E-state index contributed by atoms with van der Waals surface area (Å²) in [7, 11) is 1.53. The van der Waals surface area contributed by atoms with Crippen LogP contribution in [0.3, 0.4) is 0 Å². The number of ether oxygens (including phenoxy) is 1. The van der Waals surface area contributed by atoms with E-state index in [9.17, 15) is 4.39 Å². The van der Waals surface area contributed by atoms with E-state index >= 15 is 0 Å². The van der Waals surface area contributed by atoms with E-state index in [0.29, 0.717) is 22.7 Å². The summed E-state index contributed by atoms with van der Waals surface area (Å²) in [4.78, 5) is 0. The molecule has 1 N–H and O–H groups in total. The number of anilines is 2. The van der Waals surface area contributed by atoms with Crippen LogP contribution in [0, 0.1) is 17.1 Å². The zero-order valence-corrected chi connectivity index (χ0v) is 10.8. The summed E-state index contributed by atoms with van der Waals surface area (Å²) in [6.07, 6.45) is 0. The summed E-state index contributed by atoms with van der Waals surface area (Å²) in [5.74, 6) is 0.153. The largest absolute Gasteiger partial charge is 0.497 e. The van der Waals surface area contributed by atoms with E-state index < -0.39 is 5.82 Å². The third-order valence-electron chi connectivity index (χ3n) is 2.49. The standard InChI is InChI=1S/C14H10ClFN2O/c1-19-13-3-2-9(8-17)14(7-13)18-12-5-10(15)4-11(16)6-12/h2-7,18H,1H3. The molecule has 5 heteroatoms. The molecule has 96 valence electrons. The molecule has 0 saturated heterocycles. The predicted molar refractivity (Wildman–Crippen MR) is 72.4 cm³/mol. The lowest BCUT2D eigenvalue weighted by Crippen LogP contribution is -1.95. The smallest absolute Gasteiger partial charge is 0.126 e. The molecule has 0 saturated carbocycles. The minimum atomic E-state index is -0.448. The molecule has 0 aliphatic rings. The van der Waals surface area contributed by atoms with Gasteiger partial charge in [-0.05, 0) is 30.3 Å². The predicted octanol–water partition coefficient (Wildman–Crippen LogP) is 4.10.